The van der Waals surface area contributed by atoms with Crippen LogP contribution >= 0.6 is 46.4 Å². The lowest BCUT2D eigenvalue weighted by Gasteiger charge is -2.34. The number of hydrogen-bond donors (Lipinski definition) is 3. The predicted molar refractivity (Wildman–Crippen MR) is 114 cm³/mol. The molecule has 0 spiro atoms. The van der Waals surface area contributed by atoms with E-state index in [0.29, 0.717) is 0 Å². The molecule has 0 aliphatic carbocycles. The van der Waals surface area contributed by atoms with Crippen LogP contribution in [0, 0.1) is 0 Å². The summed E-state index contributed by atoms with van der Waals surface area (Å²) < 4.78 is 34.0. The van der Waals surface area contributed by atoms with Crippen molar-refractivity contribution in [1.29, 1.82) is 0 Å². The molecule has 0 aliphatic heterocycles. The molecule has 0 saturated heterocycles. The Morgan fingerprint density at radius 2 is 1.34 bits per heavy atom. The van der Waals surface area contributed by atoms with Crippen molar-refractivity contribution in [2.75, 3.05) is 0 Å². The van der Waals surface area contributed by atoms with Gasteiger partial charge in [0.1, 0.15) is 11.5 Å². The number of halogens is 4. The minimum atomic E-state index is -5.13. The van der Waals surface area contributed by atoms with Crippen molar-refractivity contribution in [3.8, 4) is 11.5 Å². The molecule has 5 nitrogen and oxygen atoms in total. The van der Waals surface area contributed by atoms with E-state index in [2.05, 4.69) is 0 Å². The number of rotatable bonds is 4. The molecule has 0 radical (unpaired) electrons. The van der Waals surface area contributed by atoms with Crippen LogP contribution in [0.3, 0.4) is 0 Å². The van der Waals surface area contributed by atoms with Crippen molar-refractivity contribution in [2.24, 2.45) is 0 Å². The molecule has 0 fully saturated rings. The van der Waals surface area contributed by atoms with E-state index in [4.69, 9.17) is 46.4 Å². The zero-order valence-electron chi connectivity index (χ0n) is 14.3. The summed E-state index contributed by atoms with van der Waals surface area (Å²) in [5.74, 6) is -0.881. The molecule has 0 heterocycles. The van der Waals surface area contributed by atoms with Gasteiger partial charge in [-0.1, -0.05) is 70.7 Å². The van der Waals surface area contributed by atoms with Crippen molar-refractivity contribution in [2.45, 2.75) is 4.75 Å². The second-order valence-electron chi connectivity index (χ2n) is 6.08. The second kappa shape index (κ2) is 7.87. The summed E-state index contributed by atoms with van der Waals surface area (Å²) in [4.78, 5) is 0. The molecule has 0 amide bonds. The Hall–Kier alpha value is -1.67. The third-order valence-corrected chi connectivity index (χ3v) is 6.96. The van der Waals surface area contributed by atoms with Crippen LogP contribution in [0.25, 0.3) is 0 Å². The van der Waals surface area contributed by atoms with Gasteiger partial charge in [0.25, 0.3) is 10.1 Å². The van der Waals surface area contributed by atoms with Crippen LogP contribution < -0.4 is 0 Å². The number of phenolic OH excluding ortho intramolecular Hbond substituents is 2. The van der Waals surface area contributed by atoms with Crippen LogP contribution in [-0.2, 0) is 14.9 Å². The first kappa shape index (κ1) is 22.0. The molecule has 3 N–H and O–H groups in total. The average Bonchev–Trinajstić information content (AvgIpc) is 2.61. The molecule has 3 rings (SSSR count). The van der Waals surface area contributed by atoms with Gasteiger partial charge in [-0.3, -0.25) is 4.55 Å². The summed E-state index contributed by atoms with van der Waals surface area (Å²) in [6, 6.07) is 11.6. The number of benzene rings is 3. The summed E-state index contributed by atoms with van der Waals surface area (Å²) in [6.07, 6.45) is 0. The van der Waals surface area contributed by atoms with Gasteiger partial charge in [0.05, 0.1) is 5.02 Å². The van der Waals surface area contributed by atoms with E-state index in [1.807, 2.05) is 0 Å². The van der Waals surface area contributed by atoms with Crippen LogP contribution in [0.4, 0.5) is 0 Å². The number of aromatic hydroxyl groups is 2. The maximum atomic E-state index is 13.0. The summed E-state index contributed by atoms with van der Waals surface area (Å²) in [6.45, 7) is 0. The van der Waals surface area contributed by atoms with E-state index in [9.17, 15) is 23.2 Å². The highest BCUT2D eigenvalue weighted by Crippen LogP contribution is 2.53. The molecule has 3 aromatic rings. The Labute approximate surface area is 186 Å². The van der Waals surface area contributed by atoms with E-state index >= 15 is 0 Å². The predicted octanol–water partition coefficient (Wildman–Crippen LogP) is 5.89. The summed E-state index contributed by atoms with van der Waals surface area (Å²) in [5, 5.41) is 19.9. The lowest BCUT2D eigenvalue weighted by atomic mass is 9.83. The van der Waals surface area contributed by atoms with E-state index in [0.717, 1.165) is 12.1 Å². The average molecular weight is 494 g/mol. The van der Waals surface area contributed by atoms with Gasteiger partial charge in [-0.2, -0.15) is 8.42 Å². The smallest absolute Gasteiger partial charge is 0.283 e. The Morgan fingerprint density at radius 3 is 1.93 bits per heavy atom. The zero-order valence-corrected chi connectivity index (χ0v) is 18.1. The molecule has 10 heteroatoms. The highest BCUT2D eigenvalue weighted by Gasteiger charge is 2.52. The monoisotopic (exact) mass is 492 g/mol. The van der Waals surface area contributed by atoms with Gasteiger partial charge < -0.3 is 10.2 Å². The first-order valence-corrected chi connectivity index (χ1v) is 10.8. The highest BCUT2D eigenvalue weighted by molar-refractivity contribution is 7.87. The molecule has 152 valence electrons. The lowest BCUT2D eigenvalue weighted by Crippen LogP contribution is -2.39. The topological polar surface area (TPSA) is 94.8 Å². The minimum absolute atomic E-state index is 0.00206. The van der Waals surface area contributed by atoms with Crippen LogP contribution in [0.1, 0.15) is 16.7 Å². The maximum Gasteiger partial charge on any atom is 0.283 e. The molecule has 3 aromatic carbocycles. The van der Waals surface area contributed by atoms with Crippen LogP contribution in [0.2, 0.25) is 20.1 Å². The Morgan fingerprint density at radius 1 is 0.724 bits per heavy atom. The van der Waals surface area contributed by atoms with Gasteiger partial charge in [-0.15, -0.1) is 0 Å². The lowest BCUT2D eigenvalue weighted by molar-refractivity contribution is 0.440. The van der Waals surface area contributed by atoms with Crippen molar-refractivity contribution in [1.82, 2.24) is 0 Å². The molecule has 1 unspecified atom stereocenters. The minimum Gasteiger partial charge on any atom is -0.508 e. The van der Waals surface area contributed by atoms with E-state index in [1.54, 1.807) is 6.07 Å². The standard InChI is InChI=1S/C19H12Cl4O5S/c20-10-7-14(18(25)17(23)8-10)19(29(26,27)28,12-3-1-2-4-15(12)21)13-6-5-11(24)9-16(13)22/h1-9,24-25H,(H,26,27,28). The van der Waals surface area contributed by atoms with Crippen LogP contribution in [0.5, 0.6) is 11.5 Å². The van der Waals surface area contributed by atoms with Gasteiger partial charge in [-0.05, 0) is 30.3 Å². The molecule has 0 aliphatic rings. The van der Waals surface area contributed by atoms with E-state index in [-0.39, 0.29) is 42.5 Å². The van der Waals surface area contributed by atoms with Crippen molar-refractivity contribution in [3.63, 3.8) is 0 Å². The molecule has 0 saturated carbocycles. The largest absolute Gasteiger partial charge is 0.508 e. The first-order chi connectivity index (χ1) is 13.5. The molecule has 1 atom stereocenters. The Kier molecular flexibility index (Phi) is 5.98. The van der Waals surface area contributed by atoms with E-state index < -0.39 is 20.6 Å². The third kappa shape index (κ3) is 3.65. The number of hydrogen-bond acceptors (Lipinski definition) is 4. The molecule has 0 aromatic heterocycles. The fourth-order valence-electron chi connectivity index (χ4n) is 3.22. The van der Waals surface area contributed by atoms with Crippen molar-refractivity contribution < 1.29 is 23.2 Å². The molecule has 0 bridgehead atoms. The summed E-state index contributed by atoms with van der Waals surface area (Å²) in [7, 11) is -5.13. The number of phenols is 2. The molecular formula is C19H12Cl4O5S. The van der Waals surface area contributed by atoms with E-state index in [1.165, 1.54) is 36.4 Å². The third-order valence-electron chi connectivity index (χ3n) is 4.38. The van der Waals surface area contributed by atoms with Crippen LogP contribution in [-0.4, -0.2) is 23.2 Å². The first-order valence-electron chi connectivity index (χ1n) is 7.89. The Bertz CT molecular complexity index is 1210. The summed E-state index contributed by atoms with van der Waals surface area (Å²) >= 11 is 24.7. The van der Waals surface area contributed by atoms with Crippen molar-refractivity contribution in [3.05, 3.63) is 91.4 Å². The fourth-order valence-corrected chi connectivity index (χ4v) is 5.77. The fraction of sp³-hybridized carbons (Fsp3) is 0.0526. The molecule has 29 heavy (non-hydrogen) atoms. The van der Waals surface area contributed by atoms with Gasteiger partial charge in [-0.25, -0.2) is 0 Å². The maximum absolute atomic E-state index is 13.0. The van der Waals surface area contributed by atoms with Gasteiger partial charge >= 0.3 is 0 Å². The normalized spacial score (nSPS) is 13.8. The highest BCUT2D eigenvalue weighted by atomic mass is 35.5. The second-order valence-corrected chi connectivity index (χ2v) is 9.30. The van der Waals surface area contributed by atoms with Crippen molar-refractivity contribution >= 4 is 56.5 Å². The van der Waals surface area contributed by atoms with Gasteiger partial charge in [0.2, 0.25) is 0 Å². The SMILES string of the molecule is O=S(=O)(O)C(c1ccccc1Cl)(c1ccc(O)cc1Cl)c1cc(Cl)cc(Cl)c1O. The molecular weight excluding hydrogens is 482 g/mol. The van der Waals surface area contributed by atoms with Gasteiger partial charge in [0.15, 0.2) is 4.75 Å². The van der Waals surface area contributed by atoms with Crippen LogP contribution in [0.15, 0.2) is 54.6 Å². The zero-order chi connectivity index (χ0) is 21.6. The van der Waals surface area contributed by atoms with Gasteiger partial charge in [0, 0.05) is 31.8 Å². The quantitative estimate of drug-likeness (QED) is 0.311. The summed E-state index contributed by atoms with van der Waals surface area (Å²) in [5.41, 5.74) is -0.648. The Balaban J connectivity index is 2.66.